The van der Waals surface area contributed by atoms with Gasteiger partial charge < -0.3 is 10.5 Å². The fourth-order valence-electron chi connectivity index (χ4n) is 3.26. The van der Waals surface area contributed by atoms with Gasteiger partial charge in [0.15, 0.2) is 0 Å². The van der Waals surface area contributed by atoms with Gasteiger partial charge in [0.05, 0.1) is 5.56 Å². The number of hydrogen-bond acceptors (Lipinski definition) is 3. The molecule has 1 fully saturated rings. The number of anilines is 1. The van der Waals surface area contributed by atoms with E-state index in [0.29, 0.717) is 29.0 Å². The zero-order chi connectivity index (χ0) is 15.6. The van der Waals surface area contributed by atoms with Crippen LogP contribution in [0.3, 0.4) is 0 Å². The van der Waals surface area contributed by atoms with E-state index in [-0.39, 0.29) is 12.1 Å². The minimum Gasteiger partial charge on any atom is -0.458 e. The molecule has 0 heterocycles. The highest BCUT2D eigenvalue weighted by molar-refractivity contribution is 5.90. The Morgan fingerprint density at radius 3 is 2.67 bits per heavy atom. The molecule has 0 bridgehead atoms. The first kappa shape index (κ1) is 15.9. The van der Waals surface area contributed by atoms with Gasteiger partial charge in [-0.25, -0.2) is 4.79 Å². The van der Waals surface area contributed by atoms with E-state index in [1.54, 1.807) is 12.1 Å². The highest BCUT2D eigenvalue weighted by atomic mass is 16.5. The molecule has 0 spiro atoms. The Morgan fingerprint density at radius 1 is 1.33 bits per heavy atom. The van der Waals surface area contributed by atoms with Gasteiger partial charge in [0.1, 0.15) is 6.10 Å². The Morgan fingerprint density at radius 2 is 2.05 bits per heavy atom. The lowest BCUT2D eigenvalue weighted by atomic mass is 9.75. The van der Waals surface area contributed by atoms with Crippen LogP contribution in [0.1, 0.15) is 56.0 Å². The Balaban J connectivity index is 2.10. The number of benzene rings is 1. The van der Waals surface area contributed by atoms with E-state index in [0.717, 1.165) is 18.4 Å². The molecule has 2 N–H and O–H groups in total. The van der Waals surface area contributed by atoms with Gasteiger partial charge in [0.2, 0.25) is 0 Å². The molecule has 0 saturated heterocycles. The molecule has 1 aliphatic rings. The fourth-order valence-corrected chi connectivity index (χ4v) is 3.26. The molecular weight excluding hydrogens is 262 g/mol. The maximum Gasteiger partial charge on any atom is 0.338 e. The van der Waals surface area contributed by atoms with Crippen LogP contribution in [0.15, 0.2) is 18.2 Å². The van der Waals surface area contributed by atoms with E-state index < -0.39 is 0 Å². The number of carbonyl (C=O) groups is 1. The summed E-state index contributed by atoms with van der Waals surface area (Å²) in [6.07, 6.45) is 3.40. The second-order valence-electron chi connectivity index (χ2n) is 6.84. The minimum atomic E-state index is -0.220. The molecule has 0 aromatic heterocycles. The third-order valence-corrected chi connectivity index (χ3v) is 4.73. The zero-order valence-corrected chi connectivity index (χ0v) is 13.6. The van der Waals surface area contributed by atoms with Crippen molar-refractivity contribution in [3.63, 3.8) is 0 Å². The Labute approximate surface area is 127 Å². The predicted molar refractivity (Wildman–Crippen MR) is 86.1 cm³/mol. The topological polar surface area (TPSA) is 52.3 Å². The summed E-state index contributed by atoms with van der Waals surface area (Å²) in [5.41, 5.74) is 8.03. The van der Waals surface area contributed by atoms with E-state index in [4.69, 9.17) is 10.5 Å². The van der Waals surface area contributed by atoms with Crippen molar-refractivity contribution in [2.45, 2.75) is 53.1 Å². The number of nitrogen functional groups attached to an aromatic ring is 1. The first-order chi connectivity index (χ1) is 9.88. The standard InChI is InChI=1S/C18H27NO2/c1-11(2)15-7-5-12(3)9-17(15)21-18(20)14-6-8-16(19)13(4)10-14/h6,8,10-12,15,17H,5,7,9,19H2,1-4H3. The lowest BCUT2D eigenvalue weighted by Gasteiger charge is -2.36. The maximum atomic E-state index is 12.4. The van der Waals surface area contributed by atoms with E-state index >= 15 is 0 Å². The van der Waals surface area contributed by atoms with Crippen LogP contribution in [0.25, 0.3) is 0 Å². The molecule has 3 atom stereocenters. The second-order valence-corrected chi connectivity index (χ2v) is 6.84. The van der Waals surface area contributed by atoms with Gasteiger partial charge in [0, 0.05) is 5.69 Å². The lowest BCUT2D eigenvalue weighted by molar-refractivity contribution is -0.0174. The summed E-state index contributed by atoms with van der Waals surface area (Å²) in [4.78, 5) is 12.4. The van der Waals surface area contributed by atoms with E-state index in [2.05, 4.69) is 20.8 Å². The van der Waals surface area contributed by atoms with Gasteiger partial charge in [-0.05, 0) is 61.3 Å². The highest BCUT2D eigenvalue weighted by Gasteiger charge is 2.33. The Bertz CT molecular complexity index is 510. The molecule has 1 aliphatic carbocycles. The summed E-state index contributed by atoms with van der Waals surface area (Å²) < 4.78 is 5.84. The number of nitrogens with two attached hydrogens (primary N) is 1. The smallest absolute Gasteiger partial charge is 0.338 e. The monoisotopic (exact) mass is 289 g/mol. The summed E-state index contributed by atoms with van der Waals surface area (Å²) in [6, 6.07) is 5.34. The molecule has 3 nitrogen and oxygen atoms in total. The number of hydrogen-bond donors (Lipinski definition) is 1. The van der Waals surface area contributed by atoms with Crippen molar-refractivity contribution in [2.75, 3.05) is 5.73 Å². The first-order valence-corrected chi connectivity index (χ1v) is 7.95. The van der Waals surface area contributed by atoms with E-state index in [9.17, 15) is 4.79 Å². The van der Waals surface area contributed by atoms with Gasteiger partial charge >= 0.3 is 5.97 Å². The molecule has 3 heteroatoms. The molecule has 1 aromatic carbocycles. The summed E-state index contributed by atoms with van der Waals surface area (Å²) in [7, 11) is 0. The average Bonchev–Trinajstić information content (AvgIpc) is 2.41. The number of rotatable bonds is 3. The van der Waals surface area contributed by atoms with Crippen LogP contribution in [0, 0.1) is 24.7 Å². The molecule has 0 amide bonds. The fraction of sp³-hybridized carbons (Fsp3) is 0.611. The van der Waals surface area contributed by atoms with Crippen molar-refractivity contribution >= 4 is 11.7 Å². The molecule has 1 aromatic rings. The molecular formula is C18H27NO2. The molecule has 3 unspecified atom stereocenters. The summed E-state index contributed by atoms with van der Waals surface area (Å²) >= 11 is 0. The number of aryl methyl sites for hydroxylation is 1. The van der Waals surface area contributed by atoms with Crippen molar-refractivity contribution in [2.24, 2.45) is 17.8 Å². The van der Waals surface area contributed by atoms with Gasteiger partial charge in [-0.3, -0.25) is 0 Å². The summed E-state index contributed by atoms with van der Waals surface area (Å²) in [6.45, 7) is 8.58. The molecule has 2 rings (SSSR count). The number of carbonyl (C=O) groups excluding carboxylic acids is 1. The van der Waals surface area contributed by atoms with Crippen LogP contribution >= 0.6 is 0 Å². The van der Waals surface area contributed by atoms with Crippen LogP contribution in [-0.4, -0.2) is 12.1 Å². The minimum absolute atomic E-state index is 0.0408. The maximum absolute atomic E-state index is 12.4. The lowest BCUT2D eigenvalue weighted by Crippen LogP contribution is -2.35. The van der Waals surface area contributed by atoms with Crippen molar-refractivity contribution in [3.8, 4) is 0 Å². The van der Waals surface area contributed by atoms with Crippen molar-refractivity contribution in [1.82, 2.24) is 0 Å². The third-order valence-electron chi connectivity index (χ3n) is 4.73. The van der Waals surface area contributed by atoms with Crippen LogP contribution in [0.5, 0.6) is 0 Å². The molecule has 0 aliphatic heterocycles. The summed E-state index contributed by atoms with van der Waals surface area (Å²) in [5.74, 6) is 1.43. The van der Waals surface area contributed by atoms with E-state index in [1.165, 1.54) is 6.42 Å². The molecule has 21 heavy (non-hydrogen) atoms. The van der Waals surface area contributed by atoms with Crippen LogP contribution < -0.4 is 5.73 Å². The number of esters is 1. The average molecular weight is 289 g/mol. The third kappa shape index (κ3) is 3.78. The van der Waals surface area contributed by atoms with Crippen LogP contribution in [-0.2, 0) is 4.74 Å². The van der Waals surface area contributed by atoms with Gasteiger partial charge in [0.25, 0.3) is 0 Å². The molecule has 0 radical (unpaired) electrons. The molecule has 116 valence electrons. The van der Waals surface area contributed by atoms with E-state index in [1.807, 2.05) is 13.0 Å². The van der Waals surface area contributed by atoms with Crippen molar-refractivity contribution in [3.05, 3.63) is 29.3 Å². The Hall–Kier alpha value is -1.51. The van der Waals surface area contributed by atoms with Crippen molar-refractivity contribution < 1.29 is 9.53 Å². The Kier molecular flexibility index (Phi) is 4.92. The SMILES string of the molecule is Cc1cc(C(=O)OC2CC(C)CCC2C(C)C)ccc1N. The van der Waals surface area contributed by atoms with Gasteiger partial charge in [-0.1, -0.05) is 27.2 Å². The van der Waals surface area contributed by atoms with Crippen molar-refractivity contribution in [1.29, 1.82) is 0 Å². The number of ether oxygens (including phenoxy) is 1. The normalized spacial score (nSPS) is 25.9. The molecule has 1 saturated carbocycles. The van der Waals surface area contributed by atoms with Crippen LogP contribution in [0.2, 0.25) is 0 Å². The predicted octanol–water partition coefficient (Wildman–Crippen LogP) is 4.19. The zero-order valence-electron chi connectivity index (χ0n) is 13.6. The van der Waals surface area contributed by atoms with Gasteiger partial charge in [-0.2, -0.15) is 0 Å². The summed E-state index contributed by atoms with van der Waals surface area (Å²) in [5, 5.41) is 0. The highest BCUT2D eigenvalue weighted by Crippen LogP contribution is 2.35. The quantitative estimate of drug-likeness (QED) is 0.670. The first-order valence-electron chi connectivity index (χ1n) is 7.95. The largest absolute Gasteiger partial charge is 0.458 e. The van der Waals surface area contributed by atoms with Gasteiger partial charge in [-0.15, -0.1) is 0 Å². The second kappa shape index (κ2) is 6.50. The van der Waals surface area contributed by atoms with Crippen LogP contribution in [0.4, 0.5) is 5.69 Å².